The molecule has 0 aliphatic carbocycles. The van der Waals surface area contributed by atoms with Crippen molar-refractivity contribution in [2.45, 2.75) is 26.8 Å². The Morgan fingerprint density at radius 3 is 2.41 bits per heavy atom. The molecule has 8 nitrogen and oxygen atoms in total. The molecule has 2 aromatic rings. The minimum absolute atomic E-state index is 0.0900. The van der Waals surface area contributed by atoms with Gasteiger partial charge in [-0.3, -0.25) is 9.59 Å². The fourth-order valence-corrected chi connectivity index (χ4v) is 4.46. The zero-order chi connectivity index (χ0) is 24.8. The molecule has 180 valence electrons. The summed E-state index contributed by atoms with van der Waals surface area (Å²) in [6.07, 6.45) is 1.66. The Hall–Kier alpha value is -3.57. The van der Waals surface area contributed by atoms with Crippen molar-refractivity contribution < 1.29 is 19.1 Å². The summed E-state index contributed by atoms with van der Waals surface area (Å²) < 4.78 is 12.6. The van der Waals surface area contributed by atoms with Gasteiger partial charge in [0, 0.05) is 50.2 Å². The van der Waals surface area contributed by atoms with E-state index in [0.717, 1.165) is 17.0 Å². The summed E-state index contributed by atoms with van der Waals surface area (Å²) in [5, 5.41) is 9.72. The lowest BCUT2D eigenvalue weighted by molar-refractivity contribution is -0.128. The SMILES string of the molecule is COCC(C)n1c(C)cc(/C=C(/C#N)C(=O)N2CCN(C(=O)c3cccc(OC)c3)CC2)c1C. The van der Waals surface area contributed by atoms with Crippen LogP contribution in [-0.2, 0) is 9.53 Å². The van der Waals surface area contributed by atoms with Crippen LogP contribution in [0.1, 0.15) is 40.3 Å². The molecular formula is C26H32N4O4. The van der Waals surface area contributed by atoms with Crippen LogP contribution in [0.3, 0.4) is 0 Å². The first kappa shape index (κ1) is 25.1. The molecule has 1 atom stereocenters. The predicted octanol–water partition coefficient (Wildman–Crippen LogP) is 3.21. The molecule has 0 saturated carbocycles. The van der Waals surface area contributed by atoms with Crippen molar-refractivity contribution in [3.8, 4) is 11.8 Å². The number of ether oxygens (including phenoxy) is 2. The standard InChI is InChI=1S/C26H32N4O4/c1-18-13-22(20(3)30(18)19(2)17-33-4)14-23(16-27)26(32)29-11-9-28(10-12-29)25(31)21-7-6-8-24(15-21)34-5/h6-8,13-15,19H,9-12,17H2,1-5H3/b23-14-. The van der Waals surface area contributed by atoms with Crippen LogP contribution in [0.4, 0.5) is 0 Å². The number of piperazine rings is 1. The van der Waals surface area contributed by atoms with E-state index in [1.54, 1.807) is 54.4 Å². The number of nitrogens with zero attached hydrogens (tertiary/aromatic N) is 4. The van der Waals surface area contributed by atoms with Crippen molar-refractivity contribution in [2.24, 2.45) is 0 Å². The third-order valence-corrected chi connectivity index (χ3v) is 6.19. The third-order valence-electron chi connectivity index (χ3n) is 6.19. The number of rotatable bonds is 7. The van der Waals surface area contributed by atoms with Gasteiger partial charge in [0.15, 0.2) is 0 Å². The topological polar surface area (TPSA) is 87.8 Å². The van der Waals surface area contributed by atoms with Crippen molar-refractivity contribution in [3.63, 3.8) is 0 Å². The van der Waals surface area contributed by atoms with Gasteiger partial charge in [0.25, 0.3) is 11.8 Å². The average Bonchev–Trinajstić information content (AvgIpc) is 3.14. The molecule has 0 spiro atoms. The quantitative estimate of drug-likeness (QED) is 0.464. The van der Waals surface area contributed by atoms with E-state index in [1.807, 2.05) is 19.9 Å². The van der Waals surface area contributed by atoms with Crippen LogP contribution in [0.2, 0.25) is 0 Å². The number of methoxy groups -OCH3 is 2. The Morgan fingerprint density at radius 2 is 1.79 bits per heavy atom. The van der Waals surface area contributed by atoms with Crippen molar-refractivity contribution in [2.75, 3.05) is 47.0 Å². The molecule has 1 fully saturated rings. The zero-order valence-electron chi connectivity index (χ0n) is 20.5. The van der Waals surface area contributed by atoms with Crippen molar-refractivity contribution >= 4 is 17.9 Å². The third kappa shape index (κ3) is 5.32. The van der Waals surface area contributed by atoms with E-state index < -0.39 is 0 Å². The number of aromatic nitrogens is 1. The minimum atomic E-state index is -0.314. The maximum Gasteiger partial charge on any atom is 0.264 e. The van der Waals surface area contributed by atoms with Crippen molar-refractivity contribution in [3.05, 3.63) is 58.4 Å². The Labute approximate surface area is 201 Å². The van der Waals surface area contributed by atoms with Gasteiger partial charge in [0.1, 0.15) is 17.4 Å². The molecule has 1 aromatic carbocycles. The molecule has 1 aliphatic heterocycles. The molecule has 34 heavy (non-hydrogen) atoms. The normalized spacial score (nSPS) is 15.1. The van der Waals surface area contributed by atoms with E-state index in [0.29, 0.717) is 44.1 Å². The highest BCUT2D eigenvalue weighted by atomic mass is 16.5. The first-order valence-electron chi connectivity index (χ1n) is 11.3. The number of amides is 2. The molecule has 1 aromatic heterocycles. The average molecular weight is 465 g/mol. The number of carbonyl (C=O) groups is 2. The molecule has 3 rings (SSSR count). The largest absolute Gasteiger partial charge is 0.497 e. The Kier molecular flexibility index (Phi) is 8.13. The van der Waals surface area contributed by atoms with Gasteiger partial charge in [0.05, 0.1) is 19.8 Å². The first-order chi connectivity index (χ1) is 16.3. The number of hydrogen-bond acceptors (Lipinski definition) is 5. The van der Waals surface area contributed by atoms with Gasteiger partial charge < -0.3 is 23.8 Å². The molecule has 2 heterocycles. The highest BCUT2D eigenvalue weighted by Crippen LogP contribution is 2.23. The summed E-state index contributed by atoms with van der Waals surface area (Å²) in [6, 6.07) is 11.2. The lowest BCUT2D eigenvalue weighted by atomic mass is 10.1. The number of aryl methyl sites for hydroxylation is 1. The van der Waals surface area contributed by atoms with E-state index in [9.17, 15) is 14.9 Å². The fraction of sp³-hybridized carbons (Fsp3) is 0.423. The lowest BCUT2D eigenvalue weighted by Crippen LogP contribution is -2.50. The summed E-state index contributed by atoms with van der Waals surface area (Å²) in [4.78, 5) is 29.3. The number of nitriles is 1. The zero-order valence-corrected chi connectivity index (χ0v) is 20.5. The summed E-state index contributed by atoms with van der Waals surface area (Å²) in [6.45, 7) is 8.18. The van der Waals surface area contributed by atoms with Crippen LogP contribution in [0.25, 0.3) is 6.08 Å². The van der Waals surface area contributed by atoms with Gasteiger partial charge >= 0.3 is 0 Å². The molecule has 8 heteroatoms. The highest BCUT2D eigenvalue weighted by Gasteiger charge is 2.27. The monoisotopic (exact) mass is 464 g/mol. The van der Waals surface area contributed by atoms with Crippen LogP contribution in [0.15, 0.2) is 35.9 Å². The van der Waals surface area contributed by atoms with Crippen LogP contribution in [-0.4, -0.2) is 73.2 Å². The fourth-order valence-electron chi connectivity index (χ4n) is 4.46. The molecular weight excluding hydrogens is 432 g/mol. The predicted molar refractivity (Wildman–Crippen MR) is 130 cm³/mol. The number of benzene rings is 1. The highest BCUT2D eigenvalue weighted by molar-refractivity contribution is 6.02. The van der Waals surface area contributed by atoms with Gasteiger partial charge in [-0.05, 0) is 56.7 Å². The van der Waals surface area contributed by atoms with Gasteiger partial charge in [-0.2, -0.15) is 5.26 Å². The van der Waals surface area contributed by atoms with Crippen LogP contribution < -0.4 is 4.74 Å². The first-order valence-corrected chi connectivity index (χ1v) is 11.3. The molecule has 0 N–H and O–H groups in total. The minimum Gasteiger partial charge on any atom is -0.497 e. The summed E-state index contributed by atoms with van der Waals surface area (Å²) in [5.74, 6) is 0.213. The molecule has 1 aliphatic rings. The Bertz CT molecular complexity index is 1120. The van der Waals surface area contributed by atoms with Crippen molar-refractivity contribution in [1.82, 2.24) is 14.4 Å². The van der Waals surface area contributed by atoms with E-state index in [-0.39, 0.29) is 23.4 Å². The second kappa shape index (κ2) is 11.0. The van der Waals surface area contributed by atoms with E-state index in [1.165, 1.54) is 0 Å². The lowest BCUT2D eigenvalue weighted by Gasteiger charge is -2.34. The molecule has 0 bridgehead atoms. The second-order valence-corrected chi connectivity index (χ2v) is 8.49. The number of hydrogen-bond donors (Lipinski definition) is 0. The van der Waals surface area contributed by atoms with Crippen molar-refractivity contribution in [1.29, 1.82) is 5.26 Å². The van der Waals surface area contributed by atoms with E-state index >= 15 is 0 Å². The molecule has 1 unspecified atom stereocenters. The Balaban J connectivity index is 1.70. The maximum absolute atomic E-state index is 13.1. The maximum atomic E-state index is 13.1. The van der Waals surface area contributed by atoms with Crippen LogP contribution >= 0.6 is 0 Å². The van der Waals surface area contributed by atoms with E-state index in [2.05, 4.69) is 17.6 Å². The van der Waals surface area contributed by atoms with Gasteiger partial charge in [-0.25, -0.2) is 0 Å². The summed E-state index contributed by atoms with van der Waals surface area (Å²) >= 11 is 0. The second-order valence-electron chi connectivity index (χ2n) is 8.49. The van der Waals surface area contributed by atoms with Gasteiger partial charge in [0.2, 0.25) is 0 Å². The molecule has 1 saturated heterocycles. The smallest absolute Gasteiger partial charge is 0.264 e. The Morgan fingerprint density at radius 1 is 1.12 bits per heavy atom. The van der Waals surface area contributed by atoms with Gasteiger partial charge in [-0.15, -0.1) is 0 Å². The van der Waals surface area contributed by atoms with Crippen LogP contribution in [0, 0.1) is 25.2 Å². The molecule has 0 radical (unpaired) electrons. The summed E-state index contributed by atoms with van der Waals surface area (Å²) in [7, 11) is 3.23. The van der Waals surface area contributed by atoms with E-state index in [4.69, 9.17) is 9.47 Å². The number of carbonyl (C=O) groups excluding carboxylic acids is 2. The van der Waals surface area contributed by atoms with Gasteiger partial charge in [-0.1, -0.05) is 6.07 Å². The van der Waals surface area contributed by atoms with Crippen LogP contribution in [0.5, 0.6) is 5.75 Å². The summed E-state index contributed by atoms with van der Waals surface area (Å²) in [5.41, 5.74) is 3.51. The molecule has 2 amide bonds.